The van der Waals surface area contributed by atoms with Crippen LogP contribution in [0.25, 0.3) is 0 Å². The zero-order chi connectivity index (χ0) is 16.4. The van der Waals surface area contributed by atoms with Crippen LogP contribution in [0.5, 0.6) is 0 Å². The standard InChI is InChI=1S/C12H27N.C3H9O4P/c1-2-3-4-5-6-7-8-9-10-11-12-13;1-5-8(4,6-2)7-3/h2-13H2,1H3;1-3H3. The number of hydrogen-bond donors (Lipinski definition) is 1. The fourth-order valence-electron chi connectivity index (χ4n) is 1.86. The summed E-state index contributed by atoms with van der Waals surface area (Å²) in [6.07, 6.45) is 13.9. The van der Waals surface area contributed by atoms with Crippen LogP contribution >= 0.6 is 7.82 Å². The molecule has 0 aliphatic heterocycles. The summed E-state index contributed by atoms with van der Waals surface area (Å²) in [7, 11) is 0.611. The van der Waals surface area contributed by atoms with Crippen LogP contribution in [0.2, 0.25) is 0 Å². The highest BCUT2D eigenvalue weighted by Crippen LogP contribution is 2.46. The van der Waals surface area contributed by atoms with Crippen LogP contribution in [0.4, 0.5) is 0 Å². The summed E-state index contributed by atoms with van der Waals surface area (Å²) in [6.45, 7) is 3.14. The van der Waals surface area contributed by atoms with Gasteiger partial charge in [0, 0.05) is 21.3 Å². The highest BCUT2D eigenvalue weighted by atomic mass is 31.2. The van der Waals surface area contributed by atoms with Crippen molar-refractivity contribution in [2.45, 2.75) is 71.1 Å². The quantitative estimate of drug-likeness (QED) is 0.385. The first-order chi connectivity index (χ1) is 10.1. The summed E-state index contributed by atoms with van der Waals surface area (Å²) in [5, 5.41) is 0. The second-order valence-corrected chi connectivity index (χ2v) is 6.96. The highest BCUT2D eigenvalue weighted by molar-refractivity contribution is 7.48. The van der Waals surface area contributed by atoms with Gasteiger partial charge in [-0.3, -0.25) is 13.6 Å². The number of nitrogens with two attached hydrogens (primary N) is 1. The van der Waals surface area contributed by atoms with Gasteiger partial charge in [-0.15, -0.1) is 0 Å². The predicted molar refractivity (Wildman–Crippen MR) is 89.5 cm³/mol. The van der Waals surface area contributed by atoms with Gasteiger partial charge in [0.25, 0.3) is 0 Å². The average molecular weight is 325 g/mol. The van der Waals surface area contributed by atoms with Crippen molar-refractivity contribution in [3.8, 4) is 0 Å². The first kappa shape index (κ1) is 23.3. The Morgan fingerprint density at radius 3 is 1.29 bits per heavy atom. The first-order valence-electron chi connectivity index (χ1n) is 8.07. The van der Waals surface area contributed by atoms with Gasteiger partial charge in [0.1, 0.15) is 0 Å². The SMILES string of the molecule is CCCCCCCCCCCCN.COP(=O)(OC)OC. The number of phosphoric acid groups is 1. The van der Waals surface area contributed by atoms with E-state index >= 15 is 0 Å². The lowest BCUT2D eigenvalue weighted by Gasteiger charge is -2.08. The van der Waals surface area contributed by atoms with E-state index in [0.717, 1.165) is 6.54 Å². The predicted octanol–water partition coefficient (Wildman–Crippen LogP) is 4.90. The van der Waals surface area contributed by atoms with E-state index in [1.54, 1.807) is 0 Å². The van der Waals surface area contributed by atoms with Crippen LogP contribution in [0.1, 0.15) is 71.1 Å². The second-order valence-electron chi connectivity index (χ2n) is 4.97. The minimum Gasteiger partial charge on any atom is -0.330 e. The molecule has 0 atom stereocenters. The maximum atomic E-state index is 10.7. The Balaban J connectivity index is 0. The molecule has 0 saturated carbocycles. The molecule has 0 fully saturated rings. The van der Waals surface area contributed by atoms with E-state index in [1.165, 1.54) is 85.5 Å². The fraction of sp³-hybridized carbons (Fsp3) is 1.00. The molecule has 5 nitrogen and oxygen atoms in total. The van der Waals surface area contributed by atoms with Crippen molar-refractivity contribution in [1.82, 2.24) is 0 Å². The van der Waals surface area contributed by atoms with Crippen molar-refractivity contribution in [2.24, 2.45) is 5.73 Å². The second kappa shape index (κ2) is 18.1. The lowest BCUT2D eigenvalue weighted by Crippen LogP contribution is -1.97. The molecule has 0 heterocycles. The van der Waals surface area contributed by atoms with Crippen molar-refractivity contribution in [1.29, 1.82) is 0 Å². The van der Waals surface area contributed by atoms with E-state index < -0.39 is 7.82 Å². The maximum Gasteiger partial charge on any atom is 0.473 e. The first-order valence-corrected chi connectivity index (χ1v) is 9.53. The van der Waals surface area contributed by atoms with Gasteiger partial charge in [0.05, 0.1) is 0 Å². The van der Waals surface area contributed by atoms with Crippen molar-refractivity contribution in [2.75, 3.05) is 27.9 Å². The zero-order valence-corrected chi connectivity index (χ0v) is 15.3. The van der Waals surface area contributed by atoms with Crippen LogP contribution in [0.15, 0.2) is 0 Å². The van der Waals surface area contributed by atoms with Crippen LogP contribution in [0, 0.1) is 0 Å². The Hall–Kier alpha value is 0.0700. The summed E-state index contributed by atoms with van der Waals surface area (Å²) in [6, 6.07) is 0. The molecule has 130 valence electrons. The summed E-state index contributed by atoms with van der Waals surface area (Å²) < 4.78 is 23.7. The molecule has 0 radical (unpaired) electrons. The van der Waals surface area contributed by atoms with Crippen LogP contribution < -0.4 is 5.73 Å². The topological polar surface area (TPSA) is 70.8 Å². The third-order valence-corrected chi connectivity index (χ3v) is 4.57. The highest BCUT2D eigenvalue weighted by Gasteiger charge is 2.18. The molecule has 21 heavy (non-hydrogen) atoms. The Morgan fingerprint density at radius 1 is 0.714 bits per heavy atom. The van der Waals surface area contributed by atoms with E-state index in [1.807, 2.05) is 0 Å². The van der Waals surface area contributed by atoms with E-state index in [9.17, 15) is 4.57 Å². The van der Waals surface area contributed by atoms with Crippen molar-refractivity contribution < 1.29 is 18.1 Å². The van der Waals surface area contributed by atoms with Gasteiger partial charge in [-0.2, -0.15) is 0 Å². The Labute approximate surface area is 131 Å². The number of phosphoric ester groups is 1. The van der Waals surface area contributed by atoms with Crippen molar-refractivity contribution in [3.05, 3.63) is 0 Å². The zero-order valence-electron chi connectivity index (χ0n) is 14.4. The third-order valence-electron chi connectivity index (χ3n) is 3.23. The van der Waals surface area contributed by atoms with Gasteiger partial charge < -0.3 is 5.73 Å². The summed E-state index contributed by atoms with van der Waals surface area (Å²) in [5.74, 6) is 0. The Kier molecular flexibility index (Phi) is 20.1. The van der Waals surface area contributed by atoms with Gasteiger partial charge in [0.2, 0.25) is 0 Å². The molecule has 0 aliphatic rings. The number of unbranched alkanes of at least 4 members (excludes halogenated alkanes) is 9. The average Bonchev–Trinajstić information content (AvgIpc) is 2.53. The summed E-state index contributed by atoms with van der Waals surface area (Å²) >= 11 is 0. The molecule has 0 amide bonds. The number of hydrogen-bond acceptors (Lipinski definition) is 5. The van der Waals surface area contributed by atoms with Gasteiger partial charge >= 0.3 is 7.82 Å². The lowest BCUT2D eigenvalue weighted by molar-refractivity contribution is 0.178. The molecule has 0 spiro atoms. The molecule has 6 heteroatoms. The molecule has 2 N–H and O–H groups in total. The normalized spacial score (nSPS) is 11.1. The van der Waals surface area contributed by atoms with Crippen LogP contribution in [-0.2, 0) is 18.1 Å². The largest absolute Gasteiger partial charge is 0.473 e. The van der Waals surface area contributed by atoms with E-state index in [4.69, 9.17) is 5.73 Å². The van der Waals surface area contributed by atoms with Gasteiger partial charge in [-0.05, 0) is 13.0 Å². The van der Waals surface area contributed by atoms with Crippen LogP contribution in [0.3, 0.4) is 0 Å². The van der Waals surface area contributed by atoms with Gasteiger partial charge in [-0.1, -0.05) is 64.7 Å². The van der Waals surface area contributed by atoms with E-state index in [2.05, 4.69) is 20.5 Å². The Morgan fingerprint density at radius 2 is 1.05 bits per heavy atom. The van der Waals surface area contributed by atoms with Gasteiger partial charge in [0.15, 0.2) is 0 Å². The van der Waals surface area contributed by atoms with Crippen molar-refractivity contribution in [3.63, 3.8) is 0 Å². The minimum absolute atomic E-state index is 0.872. The third kappa shape index (κ3) is 18.0. The molecule has 0 rings (SSSR count). The maximum absolute atomic E-state index is 10.7. The van der Waals surface area contributed by atoms with Crippen LogP contribution in [-0.4, -0.2) is 27.9 Å². The molecule has 0 bridgehead atoms. The molecule has 0 aromatic heterocycles. The van der Waals surface area contributed by atoms with E-state index in [-0.39, 0.29) is 0 Å². The molecule has 0 aliphatic carbocycles. The summed E-state index contributed by atoms with van der Waals surface area (Å²) in [5.41, 5.74) is 5.42. The smallest absolute Gasteiger partial charge is 0.330 e. The lowest BCUT2D eigenvalue weighted by atomic mass is 10.1. The molecule has 0 aromatic carbocycles. The van der Waals surface area contributed by atoms with Crippen molar-refractivity contribution >= 4 is 7.82 Å². The van der Waals surface area contributed by atoms with Gasteiger partial charge in [-0.25, -0.2) is 4.57 Å². The monoisotopic (exact) mass is 325 g/mol. The fourth-order valence-corrected chi connectivity index (χ4v) is 2.30. The minimum atomic E-state index is -3.16. The molecular weight excluding hydrogens is 289 g/mol. The molecular formula is C15H36NO4P. The molecule has 0 aromatic rings. The molecule has 0 unspecified atom stereocenters. The Bertz CT molecular complexity index is 211. The summed E-state index contributed by atoms with van der Waals surface area (Å²) in [4.78, 5) is 0. The molecule has 0 saturated heterocycles. The van der Waals surface area contributed by atoms with E-state index in [0.29, 0.717) is 0 Å². The number of rotatable bonds is 13.